The van der Waals surface area contributed by atoms with Crippen molar-refractivity contribution < 1.29 is 0 Å². The summed E-state index contributed by atoms with van der Waals surface area (Å²) in [7, 11) is 0. The molecule has 0 amide bonds. The molecule has 0 spiro atoms. The maximum Gasteiger partial charge on any atom is 0.131 e. The predicted molar refractivity (Wildman–Crippen MR) is 88.7 cm³/mol. The second-order valence-corrected chi connectivity index (χ2v) is 6.56. The van der Waals surface area contributed by atoms with E-state index in [1.54, 1.807) is 0 Å². The highest BCUT2D eigenvalue weighted by atomic mass is 15.2. The third-order valence-corrected chi connectivity index (χ3v) is 4.22. The topological polar surface area (TPSA) is 41.1 Å². The van der Waals surface area contributed by atoms with Crippen molar-refractivity contribution in [1.29, 1.82) is 0 Å². The van der Waals surface area contributed by atoms with Gasteiger partial charge >= 0.3 is 0 Å². The van der Waals surface area contributed by atoms with Gasteiger partial charge in [-0.1, -0.05) is 27.7 Å². The molecule has 21 heavy (non-hydrogen) atoms. The van der Waals surface area contributed by atoms with Gasteiger partial charge in [-0.2, -0.15) is 0 Å². The molecular formula is C17H30N4. The van der Waals surface area contributed by atoms with E-state index in [1.165, 1.54) is 18.5 Å². The Bertz CT molecular complexity index is 436. The first-order valence-electron chi connectivity index (χ1n) is 8.43. The molecule has 1 aliphatic heterocycles. The summed E-state index contributed by atoms with van der Waals surface area (Å²) in [6.07, 6.45) is 5.74. The fourth-order valence-electron chi connectivity index (χ4n) is 2.73. The predicted octanol–water partition coefficient (Wildman–Crippen LogP) is 3.34. The molecule has 4 nitrogen and oxygen atoms in total. The molecule has 2 rings (SSSR count). The lowest BCUT2D eigenvalue weighted by atomic mass is 9.99. The second-order valence-electron chi connectivity index (χ2n) is 6.56. The summed E-state index contributed by atoms with van der Waals surface area (Å²) in [5, 5.41) is 3.49. The van der Waals surface area contributed by atoms with Crippen molar-refractivity contribution in [2.45, 2.75) is 59.4 Å². The molecule has 0 aromatic carbocycles. The quantitative estimate of drug-likeness (QED) is 0.816. The van der Waals surface area contributed by atoms with Crippen molar-refractivity contribution in [3.05, 3.63) is 17.7 Å². The Morgan fingerprint density at radius 2 is 2.05 bits per heavy atom. The van der Waals surface area contributed by atoms with E-state index in [0.717, 1.165) is 50.0 Å². The van der Waals surface area contributed by atoms with Gasteiger partial charge in [0.15, 0.2) is 0 Å². The van der Waals surface area contributed by atoms with Gasteiger partial charge in [0.05, 0.1) is 17.6 Å². The molecule has 4 heteroatoms. The number of hydrogen-bond acceptors (Lipinski definition) is 4. The summed E-state index contributed by atoms with van der Waals surface area (Å²) >= 11 is 0. The summed E-state index contributed by atoms with van der Waals surface area (Å²) in [6, 6.07) is 0. The molecular weight excluding hydrogens is 260 g/mol. The van der Waals surface area contributed by atoms with Crippen LogP contribution in [0.25, 0.3) is 0 Å². The van der Waals surface area contributed by atoms with E-state index in [2.05, 4.69) is 42.9 Å². The van der Waals surface area contributed by atoms with E-state index in [0.29, 0.717) is 5.92 Å². The lowest BCUT2D eigenvalue weighted by molar-refractivity contribution is 0.437. The minimum atomic E-state index is 0.380. The van der Waals surface area contributed by atoms with Crippen LogP contribution in [0.4, 0.5) is 5.69 Å². The Hall–Kier alpha value is -1.16. The Balaban J connectivity index is 2.17. The van der Waals surface area contributed by atoms with Crippen molar-refractivity contribution in [2.75, 3.05) is 24.5 Å². The van der Waals surface area contributed by atoms with Crippen molar-refractivity contribution in [1.82, 2.24) is 15.3 Å². The highest BCUT2D eigenvalue weighted by Crippen LogP contribution is 2.25. The first-order chi connectivity index (χ1) is 10.1. The minimum Gasteiger partial charge on any atom is -0.369 e. The molecule has 0 bridgehead atoms. The minimum absolute atomic E-state index is 0.380. The van der Waals surface area contributed by atoms with Gasteiger partial charge in [0.2, 0.25) is 0 Å². The molecule has 0 aliphatic carbocycles. The Morgan fingerprint density at radius 1 is 1.33 bits per heavy atom. The number of nitrogens with one attached hydrogen (secondary N) is 1. The van der Waals surface area contributed by atoms with Gasteiger partial charge in [-0.25, -0.2) is 9.97 Å². The van der Waals surface area contributed by atoms with Gasteiger partial charge in [0.25, 0.3) is 0 Å². The van der Waals surface area contributed by atoms with Crippen molar-refractivity contribution in [3.63, 3.8) is 0 Å². The molecule has 0 radical (unpaired) electrons. The largest absolute Gasteiger partial charge is 0.369 e. The van der Waals surface area contributed by atoms with Crippen LogP contribution in [0.3, 0.4) is 0 Å². The van der Waals surface area contributed by atoms with E-state index in [1.807, 2.05) is 6.20 Å². The molecule has 1 aliphatic rings. The van der Waals surface area contributed by atoms with Crippen LogP contribution in [0.5, 0.6) is 0 Å². The summed E-state index contributed by atoms with van der Waals surface area (Å²) in [5.41, 5.74) is 2.40. The fraction of sp³-hybridized carbons (Fsp3) is 0.765. The number of anilines is 1. The van der Waals surface area contributed by atoms with Crippen LogP contribution < -0.4 is 10.2 Å². The van der Waals surface area contributed by atoms with Gasteiger partial charge in [-0.05, 0) is 31.7 Å². The maximum absolute atomic E-state index is 4.82. The van der Waals surface area contributed by atoms with Crippen LogP contribution in [0.2, 0.25) is 0 Å². The second kappa shape index (κ2) is 7.74. The molecule has 1 saturated heterocycles. The molecule has 1 N–H and O–H groups in total. The average Bonchev–Trinajstić information content (AvgIpc) is 2.48. The number of aromatic nitrogens is 2. The zero-order valence-corrected chi connectivity index (χ0v) is 14.0. The lowest BCUT2D eigenvalue weighted by Crippen LogP contribution is -2.34. The molecule has 118 valence electrons. The third kappa shape index (κ3) is 4.40. The molecule has 0 atom stereocenters. The van der Waals surface area contributed by atoms with Gasteiger partial charge in [-0.15, -0.1) is 0 Å². The Kier molecular flexibility index (Phi) is 5.97. The number of piperidine rings is 1. The molecule has 0 saturated carbocycles. The van der Waals surface area contributed by atoms with E-state index in [-0.39, 0.29) is 0 Å². The van der Waals surface area contributed by atoms with Gasteiger partial charge in [-0.3, -0.25) is 0 Å². The SMILES string of the molecule is CCCNCc1nc(C(C)C)ncc1N1CCC(C)CC1. The van der Waals surface area contributed by atoms with Crippen molar-refractivity contribution in [3.8, 4) is 0 Å². The van der Waals surface area contributed by atoms with E-state index in [9.17, 15) is 0 Å². The maximum atomic E-state index is 4.82. The third-order valence-electron chi connectivity index (χ3n) is 4.22. The van der Waals surface area contributed by atoms with Gasteiger partial charge in [0, 0.05) is 25.6 Å². The monoisotopic (exact) mass is 290 g/mol. The highest BCUT2D eigenvalue weighted by Gasteiger charge is 2.20. The molecule has 1 aromatic heterocycles. The molecule has 1 aromatic rings. The van der Waals surface area contributed by atoms with E-state index >= 15 is 0 Å². The van der Waals surface area contributed by atoms with Crippen LogP contribution in [-0.2, 0) is 6.54 Å². The molecule has 2 heterocycles. The van der Waals surface area contributed by atoms with Crippen LogP contribution >= 0.6 is 0 Å². The van der Waals surface area contributed by atoms with E-state index < -0.39 is 0 Å². The van der Waals surface area contributed by atoms with Crippen molar-refractivity contribution in [2.24, 2.45) is 5.92 Å². The zero-order valence-electron chi connectivity index (χ0n) is 14.0. The Morgan fingerprint density at radius 3 is 2.67 bits per heavy atom. The first kappa shape index (κ1) is 16.2. The molecule has 0 unspecified atom stereocenters. The normalized spacial score (nSPS) is 16.7. The summed E-state index contributed by atoms with van der Waals surface area (Å²) in [5.74, 6) is 2.18. The average molecular weight is 290 g/mol. The lowest BCUT2D eigenvalue weighted by Gasteiger charge is -2.33. The first-order valence-corrected chi connectivity index (χ1v) is 8.43. The van der Waals surface area contributed by atoms with Gasteiger partial charge < -0.3 is 10.2 Å². The van der Waals surface area contributed by atoms with E-state index in [4.69, 9.17) is 4.98 Å². The smallest absolute Gasteiger partial charge is 0.131 e. The van der Waals surface area contributed by atoms with Crippen LogP contribution in [0, 0.1) is 5.92 Å². The molecule has 1 fully saturated rings. The number of rotatable bonds is 6. The zero-order chi connectivity index (χ0) is 15.2. The summed E-state index contributed by atoms with van der Waals surface area (Å²) in [4.78, 5) is 11.9. The van der Waals surface area contributed by atoms with Crippen LogP contribution in [0.1, 0.15) is 64.4 Å². The standard InChI is InChI=1S/C17H30N4/c1-5-8-18-11-15-16(12-19-17(20-15)13(2)3)21-9-6-14(4)7-10-21/h12-14,18H,5-11H2,1-4H3. The summed E-state index contributed by atoms with van der Waals surface area (Å²) < 4.78 is 0. The van der Waals surface area contributed by atoms with Crippen molar-refractivity contribution >= 4 is 5.69 Å². The fourth-order valence-corrected chi connectivity index (χ4v) is 2.73. The van der Waals surface area contributed by atoms with Crippen LogP contribution in [-0.4, -0.2) is 29.6 Å². The Labute approximate surface area is 129 Å². The van der Waals surface area contributed by atoms with Gasteiger partial charge in [0.1, 0.15) is 5.82 Å². The highest BCUT2D eigenvalue weighted by molar-refractivity contribution is 5.49. The summed E-state index contributed by atoms with van der Waals surface area (Å²) in [6.45, 7) is 13.0. The van der Waals surface area contributed by atoms with Crippen LogP contribution in [0.15, 0.2) is 6.20 Å². The number of hydrogen-bond donors (Lipinski definition) is 1. The number of nitrogens with zero attached hydrogens (tertiary/aromatic N) is 3.